The Balaban J connectivity index is 1.98. The maximum Gasteiger partial charge on any atom is 0.328 e. The average Bonchev–Trinajstić information content (AvgIpc) is 2.75. The van der Waals surface area contributed by atoms with Crippen molar-refractivity contribution in [2.24, 2.45) is 0 Å². The first-order valence-corrected chi connectivity index (χ1v) is 6.22. The molecule has 104 valence electrons. The summed E-state index contributed by atoms with van der Waals surface area (Å²) in [4.78, 5) is 25.1. The second-order valence-electron chi connectivity index (χ2n) is 5.45. The summed E-state index contributed by atoms with van der Waals surface area (Å²) in [6, 6.07) is 0.938. The number of rotatable bonds is 1. The Morgan fingerprint density at radius 3 is 2.74 bits per heavy atom. The first-order valence-electron chi connectivity index (χ1n) is 6.22. The van der Waals surface area contributed by atoms with E-state index < -0.39 is 35.3 Å². The lowest BCUT2D eigenvalue weighted by molar-refractivity contribution is -0.165. The van der Waals surface area contributed by atoms with Crippen LogP contribution in [-0.2, 0) is 9.47 Å². The largest absolute Gasteiger partial charge is 0.390 e. The van der Waals surface area contributed by atoms with Crippen LogP contribution in [0, 0.1) is 0 Å². The van der Waals surface area contributed by atoms with Gasteiger partial charge in [0, 0.05) is 12.3 Å². The van der Waals surface area contributed by atoms with Gasteiger partial charge in [0.05, 0.1) is 12.1 Å². The highest BCUT2D eigenvalue weighted by molar-refractivity contribution is 5.02. The third-order valence-electron chi connectivity index (χ3n) is 3.61. The smallest absolute Gasteiger partial charge is 0.328 e. The molecule has 2 aliphatic rings. The summed E-state index contributed by atoms with van der Waals surface area (Å²) < 4.78 is 12.8. The molecular formula is C12H16N2O5. The molecule has 1 aliphatic heterocycles. The van der Waals surface area contributed by atoms with Crippen LogP contribution in [0.4, 0.5) is 0 Å². The van der Waals surface area contributed by atoms with Gasteiger partial charge in [-0.3, -0.25) is 14.3 Å². The van der Waals surface area contributed by atoms with Gasteiger partial charge < -0.3 is 14.6 Å². The lowest BCUT2D eigenvalue weighted by Crippen LogP contribution is -2.36. The molecule has 0 bridgehead atoms. The lowest BCUT2D eigenvalue weighted by Gasteiger charge is -2.23. The van der Waals surface area contributed by atoms with Gasteiger partial charge in [-0.2, -0.15) is 0 Å². The molecule has 0 aromatic carbocycles. The van der Waals surface area contributed by atoms with Gasteiger partial charge in [0.25, 0.3) is 5.56 Å². The summed E-state index contributed by atoms with van der Waals surface area (Å²) in [5, 5.41) is 10.0. The molecule has 4 unspecified atom stereocenters. The molecule has 7 nitrogen and oxygen atoms in total. The van der Waals surface area contributed by atoms with Crippen molar-refractivity contribution in [3.63, 3.8) is 0 Å². The summed E-state index contributed by atoms with van der Waals surface area (Å²) in [6.45, 7) is 3.54. The molecule has 7 heteroatoms. The van der Waals surface area contributed by atoms with Crippen LogP contribution in [0.5, 0.6) is 0 Å². The highest BCUT2D eigenvalue weighted by atomic mass is 16.8. The van der Waals surface area contributed by atoms with Gasteiger partial charge >= 0.3 is 5.69 Å². The van der Waals surface area contributed by atoms with Crippen LogP contribution in [0.3, 0.4) is 0 Å². The summed E-state index contributed by atoms with van der Waals surface area (Å²) in [5.74, 6) is -0.777. The van der Waals surface area contributed by atoms with Crippen molar-refractivity contribution >= 4 is 0 Å². The minimum Gasteiger partial charge on any atom is -0.390 e. The van der Waals surface area contributed by atoms with Gasteiger partial charge in [-0.15, -0.1) is 0 Å². The van der Waals surface area contributed by atoms with E-state index in [1.165, 1.54) is 16.8 Å². The van der Waals surface area contributed by atoms with Gasteiger partial charge in [-0.25, -0.2) is 4.79 Å². The van der Waals surface area contributed by atoms with Crippen molar-refractivity contribution in [3.05, 3.63) is 33.1 Å². The number of aromatic nitrogens is 2. The van der Waals surface area contributed by atoms with E-state index in [2.05, 4.69) is 4.98 Å². The summed E-state index contributed by atoms with van der Waals surface area (Å²) in [6.07, 6.45) is 0.260. The van der Waals surface area contributed by atoms with E-state index in [4.69, 9.17) is 9.47 Å². The third-order valence-corrected chi connectivity index (χ3v) is 3.61. The number of ether oxygens (including phenoxy) is 2. The van der Waals surface area contributed by atoms with Crippen LogP contribution in [0.2, 0.25) is 0 Å². The quantitative estimate of drug-likeness (QED) is 0.707. The molecule has 19 heavy (non-hydrogen) atoms. The van der Waals surface area contributed by atoms with Crippen LogP contribution in [-0.4, -0.2) is 38.8 Å². The Kier molecular flexibility index (Phi) is 2.67. The number of hydrogen-bond donors (Lipinski definition) is 2. The Hall–Kier alpha value is -1.44. The first-order chi connectivity index (χ1) is 8.87. The number of aliphatic hydroxyl groups is 1. The molecule has 2 fully saturated rings. The zero-order valence-corrected chi connectivity index (χ0v) is 10.7. The SMILES string of the molecule is CC1(C)OC2C(O)CC(n3ccc(=O)[nH]c3=O)C2O1. The normalized spacial score (nSPS) is 36.4. The number of fused-ring (bicyclic) bond motifs is 1. The lowest BCUT2D eigenvalue weighted by atomic mass is 10.2. The van der Waals surface area contributed by atoms with Crippen LogP contribution >= 0.6 is 0 Å². The number of aliphatic hydroxyl groups excluding tert-OH is 1. The minimum atomic E-state index is -0.777. The van der Waals surface area contributed by atoms with E-state index in [-0.39, 0.29) is 6.04 Å². The molecular weight excluding hydrogens is 252 g/mol. The van der Waals surface area contributed by atoms with Crippen LogP contribution < -0.4 is 11.2 Å². The standard InChI is InChI=1S/C12H16N2O5/c1-12(2)18-9-6(5-7(15)10(9)19-12)14-4-3-8(16)13-11(14)17/h3-4,6-7,9-10,15H,5H2,1-2H3,(H,13,16,17). The fraction of sp³-hybridized carbons (Fsp3) is 0.667. The van der Waals surface area contributed by atoms with E-state index in [1.807, 2.05) is 0 Å². The van der Waals surface area contributed by atoms with Crippen molar-refractivity contribution < 1.29 is 14.6 Å². The van der Waals surface area contributed by atoms with E-state index in [9.17, 15) is 14.7 Å². The predicted molar refractivity (Wildman–Crippen MR) is 64.8 cm³/mol. The predicted octanol–water partition coefficient (Wildman–Crippen LogP) is -0.638. The Morgan fingerprint density at radius 2 is 2.05 bits per heavy atom. The van der Waals surface area contributed by atoms with Gasteiger partial charge in [0.15, 0.2) is 5.79 Å². The second kappa shape index (κ2) is 4.03. The zero-order valence-electron chi connectivity index (χ0n) is 10.7. The number of nitrogens with zero attached hydrogens (tertiary/aromatic N) is 1. The van der Waals surface area contributed by atoms with Crippen LogP contribution in [0.15, 0.2) is 21.9 Å². The molecule has 1 aromatic rings. The van der Waals surface area contributed by atoms with Crippen molar-refractivity contribution in [2.75, 3.05) is 0 Å². The van der Waals surface area contributed by atoms with E-state index in [0.717, 1.165) is 0 Å². The number of nitrogens with one attached hydrogen (secondary N) is 1. The van der Waals surface area contributed by atoms with Crippen molar-refractivity contribution in [2.45, 2.75) is 50.4 Å². The number of H-pyrrole nitrogens is 1. The van der Waals surface area contributed by atoms with Gasteiger partial charge in [0.1, 0.15) is 12.2 Å². The third kappa shape index (κ3) is 2.03. The molecule has 1 aromatic heterocycles. The Morgan fingerprint density at radius 1 is 1.37 bits per heavy atom. The number of hydrogen-bond acceptors (Lipinski definition) is 5. The van der Waals surface area contributed by atoms with E-state index in [1.54, 1.807) is 13.8 Å². The van der Waals surface area contributed by atoms with E-state index in [0.29, 0.717) is 6.42 Å². The maximum absolute atomic E-state index is 11.8. The van der Waals surface area contributed by atoms with Gasteiger partial charge in [0.2, 0.25) is 0 Å². The average molecular weight is 268 g/mol. The molecule has 2 N–H and O–H groups in total. The van der Waals surface area contributed by atoms with Crippen molar-refractivity contribution in [1.82, 2.24) is 9.55 Å². The molecule has 0 radical (unpaired) electrons. The fourth-order valence-electron chi connectivity index (χ4n) is 2.89. The van der Waals surface area contributed by atoms with Crippen LogP contribution in [0.25, 0.3) is 0 Å². The summed E-state index contributed by atoms with van der Waals surface area (Å²) >= 11 is 0. The topological polar surface area (TPSA) is 93.5 Å². The molecule has 4 atom stereocenters. The van der Waals surface area contributed by atoms with Crippen LogP contribution in [0.1, 0.15) is 26.3 Å². The summed E-state index contributed by atoms with van der Waals surface area (Å²) in [7, 11) is 0. The highest BCUT2D eigenvalue weighted by Crippen LogP contribution is 2.43. The Bertz CT molecular complexity index is 605. The zero-order chi connectivity index (χ0) is 13.8. The van der Waals surface area contributed by atoms with Crippen molar-refractivity contribution in [1.29, 1.82) is 0 Å². The summed E-state index contributed by atoms with van der Waals surface area (Å²) in [5.41, 5.74) is -0.945. The van der Waals surface area contributed by atoms with Crippen molar-refractivity contribution in [3.8, 4) is 0 Å². The highest BCUT2D eigenvalue weighted by Gasteiger charge is 2.54. The Labute approximate surface area is 108 Å². The maximum atomic E-state index is 11.8. The van der Waals surface area contributed by atoms with Gasteiger partial charge in [-0.1, -0.05) is 0 Å². The minimum absolute atomic E-state index is 0.342. The first kappa shape index (κ1) is 12.6. The number of aromatic amines is 1. The fourth-order valence-corrected chi connectivity index (χ4v) is 2.89. The second-order valence-corrected chi connectivity index (χ2v) is 5.45. The van der Waals surface area contributed by atoms with E-state index >= 15 is 0 Å². The molecule has 2 heterocycles. The molecule has 1 saturated carbocycles. The molecule has 0 amide bonds. The monoisotopic (exact) mass is 268 g/mol. The molecule has 1 aliphatic carbocycles. The van der Waals surface area contributed by atoms with Gasteiger partial charge in [-0.05, 0) is 20.3 Å². The molecule has 1 saturated heterocycles. The molecule has 3 rings (SSSR count). The molecule has 0 spiro atoms.